The van der Waals surface area contributed by atoms with Gasteiger partial charge in [-0.05, 0) is 19.1 Å². The van der Waals surface area contributed by atoms with Gasteiger partial charge in [0.25, 0.3) is 6.47 Å². The molecule has 1 aromatic rings. The van der Waals surface area contributed by atoms with Crippen molar-refractivity contribution < 1.29 is 24.1 Å². The van der Waals surface area contributed by atoms with Crippen molar-refractivity contribution in [2.24, 2.45) is 0 Å². The molecule has 0 unspecified atom stereocenters. The fourth-order valence-corrected chi connectivity index (χ4v) is 1.13. The Bertz CT molecular complexity index is 337. The van der Waals surface area contributed by atoms with Crippen molar-refractivity contribution in [3.8, 4) is 17.2 Å². The minimum Gasteiger partial charge on any atom is -0.504 e. The molecule has 0 fully saturated rings. The number of benzene rings is 1. The van der Waals surface area contributed by atoms with Crippen LogP contribution in [0.25, 0.3) is 0 Å². The van der Waals surface area contributed by atoms with Gasteiger partial charge in [0.1, 0.15) is 13.2 Å². The number of carbonyl (C=O) groups excluding carboxylic acids is 1. The molecule has 0 spiro atoms. The van der Waals surface area contributed by atoms with Crippen LogP contribution in [0, 0.1) is 0 Å². The van der Waals surface area contributed by atoms with Crippen molar-refractivity contribution in [1.29, 1.82) is 0 Å². The molecule has 16 heavy (non-hydrogen) atoms. The number of phenols is 1. The Morgan fingerprint density at radius 1 is 1.44 bits per heavy atom. The van der Waals surface area contributed by atoms with E-state index in [1.165, 1.54) is 0 Å². The van der Waals surface area contributed by atoms with Crippen molar-refractivity contribution >= 4 is 6.47 Å². The number of rotatable bonds is 2. The van der Waals surface area contributed by atoms with Crippen molar-refractivity contribution in [2.75, 3.05) is 19.8 Å². The molecular formula is C11H14O5. The Morgan fingerprint density at radius 2 is 2.19 bits per heavy atom. The van der Waals surface area contributed by atoms with Crippen LogP contribution >= 0.6 is 0 Å². The van der Waals surface area contributed by atoms with Gasteiger partial charge in [0, 0.05) is 0 Å². The Hall–Kier alpha value is -1.91. The summed E-state index contributed by atoms with van der Waals surface area (Å²) in [6.45, 7) is 3.72. The highest BCUT2D eigenvalue weighted by atomic mass is 16.6. The summed E-state index contributed by atoms with van der Waals surface area (Å²) >= 11 is 0. The number of hydrogen-bond acceptors (Lipinski definition) is 5. The van der Waals surface area contributed by atoms with Crippen LogP contribution < -0.4 is 9.47 Å². The molecule has 2 rings (SSSR count). The summed E-state index contributed by atoms with van der Waals surface area (Å²) in [5.74, 6) is 1.22. The molecule has 5 heteroatoms. The number of phenolic OH excluding ortho intramolecular Hbond substituents is 1. The summed E-state index contributed by atoms with van der Waals surface area (Å²) in [4.78, 5) is 9.18. The summed E-state index contributed by atoms with van der Waals surface area (Å²) in [6.07, 6.45) is 0. The maximum absolute atomic E-state index is 9.25. The predicted octanol–water partition coefficient (Wildman–Crippen LogP) is 1.34. The average molecular weight is 226 g/mol. The van der Waals surface area contributed by atoms with Gasteiger partial charge in [-0.3, -0.25) is 4.79 Å². The molecule has 1 heterocycles. The molecule has 0 bridgehead atoms. The zero-order valence-corrected chi connectivity index (χ0v) is 9.01. The summed E-state index contributed by atoms with van der Waals surface area (Å²) in [5.41, 5.74) is 0. The predicted molar refractivity (Wildman–Crippen MR) is 56.8 cm³/mol. The fourth-order valence-electron chi connectivity index (χ4n) is 1.13. The Labute approximate surface area is 93.6 Å². The zero-order valence-electron chi connectivity index (χ0n) is 9.01. The van der Waals surface area contributed by atoms with Crippen LogP contribution in [-0.4, -0.2) is 31.4 Å². The number of fused-ring (bicyclic) bond motifs is 1. The molecular weight excluding hydrogens is 212 g/mol. The SMILES string of the molecule is CCOC=O.Oc1cccc2c1OCCO2. The highest BCUT2D eigenvalue weighted by molar-refractivity contribution is 5.50. The van der Waals surface area contributed by atoms with E-state index in [-0.39, 0.29) is 5.75 Å². The van der Waals surface area contributed by atoms with Crippen LogP contribution in [0.2, 0.25) is 0 Å². The Morgan fingerprint density at radius 3 is 2.75 bits per heavy atom. The van der Waals surface area contributed by atoms with Crippen LogP contribution in [0.5, 0.6) is 17.2 Å². The monoisotopic (exact) mass is 226 g/mol. The third kappa shape index (κ3) is 3.34. The van der Waals surface area contributed by atoms with Crippen molar-refractivity contribution in [3.63, 3.8) is 0 Å². The first-order valence-electron chi connectivity index (χ1n) is 4.92. The van der Waals surface area contributed by atoms with E-state index >= 15 is 0 Å². The Kier molecular flexibility index (Phi) is 4.98. The van der Waals surface area contributed by atoms with Crippen molar-refractivity contribution in [1.82, 2.24) is 0 Å². The second-order valence-electron chi connectivity index (χ2n) is 2.85. The molecule has 1 N–H and O–H groups in total. The first kappa shape index (κ1) is 12.2. The third-order valence-corrected chi connectivity index (χ3v) is 1.78. The first-order chi connectivity index (χ1) is 7.79. The smallest absolute Gasteiger partial charge is 0.293 e. The molecule has 0 radical (unpaired) electrons. The molecule has 0 atom stereocenters. The molecule has 0 saturated carbocycles. The van der Waals surface area contributed by atoms with Gasteiger partial charge in [0.2, 0.25) is 5.75 Å². The number of carbonyl (C=O) groups is 1. The molecule has 5 nitrogen and oxygen atoms in total. The maximum Gasteiger partial charge on any atom is 0.293 e. The standard InChI is InChI=1S/C8H8O3.C3H6O2/c9-6-2-1-3-7-8(6)11-5-4-10-7;1-2-5-3-4/h1-3,9H,4-5H2;3H,2H2,1H3. The van der Waals surface area contributed by atoms with E-state index < -0.39 is 0 Å². The average Bonchev–Trinajstić information content (AvgIpc) is 2.32. The highest BCUT2D eigenvalue weighted by Gasteiger charge is 2.13. The topological polar surface area (TPSA) is 65.0 Å². The fraction of sp³-hybridized carbons (Fsp3) is 0.364. The van der Waals surface area contributed by atoms with Crippen LogP contribution in [0.3, 0.4) is 0 Å². The largest absolute Gasteiger partial charge is 0.504 e. The molecule has 88 valence electrons. The van der Waals surface area contributed by atoms with Gasteiger partial charge < -0.3 is 19.3 Å². The molecule has 0 saturated heterocycles. The van der Waals surface area contributed by atoms with E-state index in [1.807, 2.05) is 0 Å². The van der Waals surface area contributed by atoms with Gasteiger partial charge in [-0.2, -0.15) is 0 Å². The van der Waals surface area contributed by atoms with E-state index in [2.05, 4.69) is 4.74 Å². The van der Waals surface area contributed by atoms with Crippen LogP contribution in [0.15, 0.2) is 18.2 Å². The number of ether oxygens (including phenoxy) is 3. The summed E-state index contributed by atoms with van der Waals surface area (Å²) in [7, 11) is 0. The number of para-hydroxylation sites is 1. The minimum atomic E-state index is 0.141. The number of hydrogen-bond donors (Lipinski definition) is 1. The molecule has 0 aliphatic carbocycles. The van der Waals surface area contributed by atoms with Gasteiger partial charge in [-0.1, -0.05) is 6.07 Å². The molecule has 1 aliphatic rings. The van der Waals surface area contributed by atoms with Gasteiger partial charge in [-0.15, -0.1) is 0 Å². The lowest BCUT2D eigenvalue weighted by Gasteiger charge is -2.18. The van der Waals surface area contributed by atoms with Crippen molar-refractivity contribution in [3.05, 3.63) is 18.2 Å². The van der Waals surface area contributed by atoms with E-state index in [4.69, 9.17) is 9.47 Å². The van der Waals surface area contributed by atoms with Crippen LogP contribution in [0.4, 0.5) is 0 Å². The normalized spacial score (nSPS) is 12.1. The molecule has 0 aromatic heterocycles. The molecule has 1 aromatic carbocycles. The summed E-state index contributed by atoms with van der Waals surface area (Å²) < 4.78 is 14.6. The maximum atomic E-state index is 9.25. The lowest BCUT2D eigenvalue weighted by Crippen LogP contribution is -2.15. The summed E-state index contributed by atoms with van der Waals surface area (Å²) in [5, 5.41) is 9.25. The first-order valence-corrected chi connectivity index (χ1v) is 4.92. The quantitative estimate of drug-likeness (QED) is 0.771. The van der Waals surface area contributed by atoms with Crippen LogP contribution in [0.1, 0.15) is 6.92 Å². The van der Waals surface area contributed by atoms with Gasteiger partial charge in [0.05, 0.1) is 6.61 Å². The van der Waals surface area contributed by atoms with E-state index in [0.29, 0.717) is 37.8 Å². The second-order valence-corrected chi connectivity index (χ2v) is 2.85. The minimum absolute atomic E-state index is 0.141. The van der Waals surface area contributed by atoms with E-state index in [0.717, 1.165) is 0 Å². The third-order valence-electron chi connectivity index (χ3n) is 1.78. The zero-order chi connectivity index (χ0) is 11.8. The number of aromatic hydroxyl groups is 1. The lowest BCUT2D eigenvalue weighted by atomic mass is 10.3. The second kappa shape index (κ2) is 6.55. The van der Waals surface area contributed by atoms with Gasteiger partial charge in [-0.25, -0.2) is 0 Å². The van der Waals surface area contributed by atoms with E-state index in [1.54, 1.807) is 25.1 Å². The van der Waals surface area contributed by atoms with Crippen LogP contribution in [-0.2, 0) is 9.53 Å². The van der Waals surface area contributed by atoms with Crippen molar-refractivity contribution in [2.45, 2.75) is 6.92 Å². The molecule has 1 aliphatic heterocycles. The molecule has 0 amide bonds. The lowest BCUT2D eigenvalue weighted by molar-refractivity contribution is -0.128. The van der Waals surface area contributed by atoms with Gasteiger partial charge in [0.15, 0.2) is 11.5 Å². The van der Waals surface area contributed by atoms with E-state index in [9.17, 15) is 9.90 Å². The summed E-state index contributed by atoms with van der Waals surface area (Å²) in [6, 6.07) is 5.07. The Balaban J connectivity index is 0.000000221. The highest BCUT2D eigenvalue weighted by Crippen LogP contribution is 2.37. The van der Waals surface area contributed by atoms with Gasteiger partial charge >= 0.3 is 0 Å².